The molecule has 1 heterocycles. The zero-order valence-corrected chi connectivity index (χ0v) is 9.72. The highest BCUT2D eigenvalue weighted by atomic mass is 35.5. The zero-order chi connectivity index (χ0) is 11.9. The molecule has 1 aromatic carbocycles. The van der Waals surface area contributed by atoms with Crippen molar-refractivity contribution in [2.45, 2.75) is 6.92 Å². The summed E-state index contributed by atoms with van der Waals surface area (Å²) < 4.78 is 14.6. The second-order valence-electron chi connectivity index (χ2n) is 3.60. The minimum Gasteiger partial charge on any atom is -0.383 e. The Labute approximate surface area is 97.6 Å². The third-order valence-corrected chi connectivity index (χ3v) is 2.76. The van der Waals surface area contributed by atoms with Crippen molar-refractivity contribution in [3.8, 4) is 11.1 Å². The van der Waals surface area contributed by atoms with Crippen molar-refractivity contribution >= 4 is 17.4 Å². The van der Waals surface area contributed by atoms with E-state index in [0.29, 0.717) is 5.82 Å². The summed E-state index contributed by atoms with van der Waals surface area (Å²) in [5.74, 6) is 0.103. The number of hydrogen-bond donors (Lipinski definition) is 1. The first-order valence-corrected chi connectivity index (χ1v) is 5.13. The first-order valence-electron chi connectivity index (χ1n) is 4.75. The number of benzene rings is 1. The average Bonchev–Trinajstić information content (AvgIpc) is 2.47. The molecule has 0 aliphatic carbocycles. The first-order chi connectivity index (χ1) is 7.50. The normalized spacial score (nSPS) is 10.8. The molecule has 2 N–H and O–H groups in total. The van der Waals surface area contributed by atoms with Crippen LogP contribution in [0.15, 0.2) is 18.2 Å². The summed E-state index contributed by atoms with van der Waals surface area (Å²) >= 11 is 5.73. The molecule has 0 unspecified atom stereocenters. The highest BCUT2D eigenvalue weighted by Gasteiger charge is 2.13. The Balaban J connectivity index is 2.63. The van der Waals surface area contributed by atoms with E-state index in [1.807, 2.05) is 6.92 Å². The van der Waals surface area contributed by atoms with E-state index in [4.69, 9.17) is 17.3 Å². The standard InChI is InChI=1S/C11H11ClFN3/c1-6-10(11(14)16(2)15-6)7-3-4-9(13)8(12)5-7/h3-5H,14H2,1-2H3. The molecule has 1 aromatic heterocycles. The smallest absolute Gasteiger partial charge is 0.141 e. The molecule has 3 nitrogen and oxygen atoms in total. The topological polar surface area (TPSA) is 43.8 Å². The van der Waals surface area contributed by atoms with Crippen molar-refractivity contribution in [1.29, 1.82) is 0 Å². The van der Waals surface area contributed by atoms with E-state index in [9.17, 15) is 4.39 Å². The summed E-state index contributed by atoms with van der Waals surface area (Å²) in [5.41, 5.74) is 8.25. The van der Waals surface area contributed by atoms with Gasteiger partial charge in [-0.15, -0.1) is 0 Å². The van der Waals surface area contributed by atoms with Gasteiger partial charge in [0.2, 0.25) is 0 Å². The molecule has 0 amide bonds. The molecule has 0 atom stereocenters. The van der Waals surface area contributed by atoms with Crippen LogP contribution in [0.25, 0.3) is 11.1 Å². The van der Waals surface area contributed by atoms with Crippen LogP contribution in [0.1, 0.15) is 5.69 Å². The van der Waals surface area contributed by atoms with E-state index in [-0.39, 0.29) is 5.02 Å². The predicted molar refractivity (Wildman–Crippen MR) is 62.8 cm³/mol. The molecule has 0 saturated heterocycles. The van der Waals surface area contributed by atoms with Crippen molar-refractivity contribution in [3.05, 3.63) is 34.7 Å². The number of aryl methyl sites for hydroxylation is 2. The number of hydrogen-bond acceptors (Lipinski definition) is 2. The molecule has 0 fully saturated rings. The van der Waals surface area contributed by atoms with Gasteiger partial charge in [0, 0.05) is 12.6 Å². The van der Waals surface area contributed by atoms with E-state index in [2.05, 4.69) is 5.10 Å². The number of nitrogens with two attached hydrogens (primary N) is 1. The van der Waals surface area contributed by atoms with Gasteiger partial charge >= 0.3 is 0 Å². The predicted octanol–water partition coefficient (Wildman–Crippen LogP) is 2.77. The van der Waals surface area contributed by atoms with Gasteiger partial charge in [-0.05, 0) is 24.6 Å². The fourth-order valence-electron chi connectivity index (χ4n) is 1.68. The second kappa shape index (κ2) is 3.79. The number of nitrogen functional groups attached to an aromatic ring is 1. The van der Waals surface area contributed by atoms with Crippen LogP contribution in [0.3, 0.4) is 0 Å². The third kappa shape index (κ3) is 1.65. The van der Waals surface area contributed by atoms with Crippen LogP contribution < -0.4 is 5.73 Å². The van der Waals surface area contributed by atoms with E-state index < -0.39 is 5.82 Å². The lowest BCUT2D eigenvalue weighted by Crippen LogP contribution is -1.98. The molecular formula is C11H11ClFN3. The quantitative estimate of drug-likeness (QED) is 0.832. The van der Waals surface area contributed by atoms with Gasteiger partial charge in [0.05, 0.1) is 10.7 Å². The van der Waals surface area contributed by atoms with Crippen LogP contribution in [-0.2, 0) is 7.05 Å². The van der Waals surface area contributed by atoms with Crippen molar-refractivity contribution < 1.29 is 4.39 Å². The van der Waals surface area contributed by atoms with Crippen molar-refractivity contribution in [2.75, 3.05) is 5.73 Å². The van der Waals surface area contributed by atoms with Crippen LogP contribution in [0.5, 0.6) is 0 Å². The molecule has 0 spiro atoms. The number of nitrogens with zero attached hydrogens (tertiary/aromatic N) is 2. The summed E-state index contributed by atoms with van der Waals surface area (Å²) in [6.45, 7) is 1.85. The third-order valence-electron chi connectivity index (χ3n) is 2.47. The maximum atomic E-state index is 13.0. The molecule has 0 saturated carbocycles. The van der Waals surface area contributed by atoms with Gasteiger partial charge in [-0.25, -0.2) is 4.39 Å². The highest BCUT2D eigenvalue weighted by Crippen LogP contribution is 2.31. The van der Waals surface area contributed by atoms with E-state index in [1.54, 1.807) is 23.9 Å². The number of aromatic nitrogens is 2. The Kier molecular flexibility index (Phi) is 2.59. The monoisotopic (exact) mass is 239 g/mol. The lowest BCUT2D eigenvalue weighted by Gasteiger charge is -2.03. The SMILES string of the molecule is Cc1nn(C)c(N)c1-c1ccc(F)c(Cl)c1. The first kappa shape index (κ1) is 11.0. The fourth-order valence-corrected chi connectivity index (χ4v) is 1.86. The van der Waals surface area contributed by atoms with Gasteiger partial charge in [-0.3, -0.25) is 4.68 Å². The molecular weight excluding hydrogens is 229 g/mol. The van der Waals surface area contributed by atoms with Gasteiger partial charge < -0.3 is 5.73 Å². The summed E-state index contributed by atoms with van der Waals surface area (Å²) in [4.78, 5) is 0. The largest absolute Gasteiger partial charge is 0.383 e. The highest BCUT2D eigenvalue weighted by molar-refractivity contribution is 6.31. The van der Waals surface area contributed by atoms with Gasteiger partial charge in [-0.2, -0.15) is 5.10 Å². The minimum atomic E-state index is -0.439. The number of anilines is 1. The second-order valence-corrected chi connectivity index (χ2v) is 4.01. The molecule has 2 aromatic rings. The fraction of sp³-hybridized carbons (Fsp3) is 0.182. The molecule has 0 bridgehead atoms. The Hall–Kier alpha value is -1.55. The van der Waals surface area contributed by atoms with Gasteiger partial charge in [0.15, 0.2) is 0 Å². The summed E-state index contributed by atoms with van der Waals surface area (Å²) in [7, 11) is 1.76. The van der Waals surface area contributed by atoms with E-state index >= 15 is 0 Å². The van der Waals surface area contributed by atoms with E-state index in [1.165, 1.54) is 6.07 Å². The maximum absolute atomic E-state index is 13.0. The molecule has 2 rings (SSSR count). The molecule has 16 heavy (non-hydrogen) atoms. The molecule has 5 heteroatoms. The summed E-state index contributed by atoms with van der Waals surface area (Å²) in [6, 6.07) is 4.52. The van der Waals surface area contributed by atoms with Crippen LogP contribution in [-0.4, -0.2) is 9.78 Å². The van der Waals surface area contributed by atoms with Gasteiger partial charge in [0.25, 0.3) is 0 Å². The average molecular weight is 240 g/mol. The lowest BCUT2D eigenvalue weighted by molar-refractivity contribution is 0.628. The Morgan fingerprint density at radius 2 is 2.12 bits per heavy atom. The van der Waals surface area contributed by atoms with Crippen molar-refractivity contribution in [3.63, 3.8) is 0 Å². The van der Waals surface area contributed by atoms with Crippen LogP contribution >= 0.6 is 11.6 Å². The van der Waals surface area contributed by atoms with Gasteiger partial charge in [0.1, 0.15) is 11.6 Å². The molecule has 0 aliphatic rings. The van der Waals surface area contributed by atoms with Crippen LogP contribution in [0.4, 0.5) is 10.2 Å². The van der Waals surface area contributed by atoms with Crippen molar-refractivity contribution in [1.82, 2.24) is 9.78 Å². The Morgan fingerprint density at radius 1 is 1.44 bits per heavy atom. The molecule has 0 aliphatic heterocycles. The summed E-state index contributed by atoms with van der Waals surface area (Å²) in [5, 5.41) is 4.28. The Morgan fingerprint density at radius 3 is 2.62 bits per heavy atom. The van der Waals surface area contributed by atoms with E-state index in [0.717, 1.165) is 16.8 Å². The molecule has 84 valence electrons. The minimum absolute atomic E-state index is 0.0835. The van der Waals surface area contributed by atoms with Crippen molar-refractivity contribution in [2.24, 2.45) is 7.05 Å². The zero-order valence-electron chi connectivity index (χ0n) is 8.96. The maximum Gasteiger partial charge on any atom is 0.141 e. The lowest BCUT2D eigenvalue weighted by atomic mass is 10.1. The van der Waals surface area contributed by atoms with Crippen LogP contribution in [0, 0.1) is 12.7 Å². The Bertz CT molecular complexity index is 548. The number of halogens is 2. The number of rotatable bonds is 1. The van der Waals surface area contributed by atoms with Crippen LogP contribution in [0.2, 0.25) is 5.02 Å². The van der Waals surface area contributed by atoms with Gasteiger partial charge in [-0.1, -0.05) is 17.7 Å². The summed E-state index contributed by atoms with van der Waals surface area (Å²) in [6.07, 6.45) is 0. The molecule has 0 radical (unpaired) electrons.